The molecule has 0 bridgehead atoms. The van der Waals surface area contributed by atoms with Crippen LogP contribution in [-0.4, -0.2) is 70.0 Å². The Morgan fingerprint density at radius 1 is 1.08 bits per heavy atom. The Hall–Kier alpha value is -1.47. The van der Waals surface area contributed by atoms with Crippen LogP contribution in [0.1, 0.15) is 41.5 Å². The van der Waals surface area contributed by atoms with Crippen LogP contribution in [-0.2, 0) is 33.8 Å². The monoisotopic (exact) mass is 574 g/mol. The predicted octanol–water partition coefficient (Wildman–Crippen LogP) is 3.09. The molecule has 0 aliphatic carbocycles. The Labute approximate surface area is 222 Å². The number of hydrogen-bond donors (Lipinski definition) is 2. The molecule has 0 amide bonds. The molecule has 0 saturated carbocycles. The third kappa shape index (κ3) is 5.93. The highest BCUT2D eigenvalue weighted by Gasteiger charge is 2.60. The number of anilines is 1. The molecule has 3 atom stereocenters. The summed E-state index contributed by atoms with van der Waals surface area (Å²) in [6.07, 6.45) is 1.42. The Balaban J connectivity index is 2.27. The van der Waals surface area contributed by atoms with E-state index in [4.69, 9.17) is 28.6 Å². The zero-order chi connectivity index (χ0) is 28.2. The highest BCUT2D eigenvalue weighted by atomic mass is 32.2. The van der Waals surface area contributed by atoms with Gasteiger partial charge in [0, 0.05) is 0 Å². The molecule has 0 radical (unpaired) electrons. The molecule has 0 spiro atoms. The summed E-state index contributed by atoms with van der Waals surface area (Å²) >= 11 is 0. The van der Waals surface area contributed by atoms with E-state index in [9.17, 15) is 8.42 Å². The van der Waals surface area contributed by atoms with Gasteiger partial charge in [-0.05, 0) is 36.3 Å². The van der Waals surface area contributed by atoms with Crippen LogP contribution < -0.4 is 10.9 Å². The van der Waals surface area contributed by atoms with Crippen molar-refractivity contribution in [1.29, 1.82) is 0 Å². The molecule has 12 nitrogen and oxygen atoms in total. The van der Waals surface area contributed by atoms with Gasteiger partial charge in [0.15, 0.2) is 33.8 Å². The first-order valence-electron chi connectivity index (χ1n) is 12.2. The zero-order valence-corrected chi connectivity index (χ0v) is 26.3. The van der Waals surface area contributed by atoms with Crippen LogP contribution in [0, 0.1) is 0 Å². The number of fused-ring (bicyclic) bond motifs is 1. The van der Waals surface area contributed by atoms with E-state index in [1.165, 1.54) is 6.33 Å². The molecule has 2 aromatic rings. The zero-order valence-electron chi connectivity index (χ0n) is 23.5. The second kappa shape index (κ2) is 9.62. The average molecular weight is 575 g/mol. The van der Waals surface area contributed by atoms with Gasteiger partial charge < -0.3 is 19.3 Å². The number of nitrogen functional groups attached to an aromatic ring is 1. The van der Waals surface area contributed by atoms with Crippen molar-refractivity contribution in [2.24, 2.45) is 5.14 Å². The minimum Gasteiger partial charge on any atom is -0.406 e. The third-order valence-electron chi connectivity index (χ3n) is 7.92. The number of aromatic nitrogens is 4. The summed E-state index contributed by atoms with van der Waals surface area (Å²) in [5, 5.41) is 4.83. The van der Waals surface area contributed by atoms with Gasteiger partial charge in [0.2, 0.25) is 0 Å². The Morgan fingerprint density at radius 2 is 1.68 bits per heavy atom. The lowest BCUT2D eigenvalue weighted by atomic mass is 10.1. The van der Waals surface area contributed by atoms with Gasteiger partial charge in [-0.25, -0.2) is 20.1 Å². The van der Waals surface area contributed by atoms with Crippen LogP contribution in [0.25, 0.3) is 11.2 Å². The minimum absolute atomic E-state index is 0.0484. The summed E-state index contributed by atoms with van der Waals surface area (Å²) < 4.78 is 50.6. The summed E-state index contributed by atoms with van der Waals surface area (Å²) in [7, 11) is -9.17. The van der Waals surface area contributed by atoms with Gasteiger partial charge in [0.25, 0.3) is 0 Å². The van der Waals surface area contributed by atoms with Gasteiger partial charge >= 0.3 is 10.3 Å². The largest absolute Gasteiger partial charge is 0.406 e. The fourth-order valence-corrected chi connectivity index (χ4v) is 6.83. The molecule has 1 fully saturated rings. The number of imidazole rings is 1. The molecule has 1 saturated heterocycles. The van der Waals surface area contributed by atoms with Crippen molar-refractivity contribution in [3.8, 4) is 0 Å². The molecular weight excluding hydrogens is 533 g/mol. The van der Waals surface area contributed by atoms with Gasteiger partial charge in [0.05, 0.1) is 19.5 Å². The smallest absolute Gasteiger partial charge is 0.333 e. The molecule has 1 unspecified atom stereocenters. The maximum absolute atomic E-state index is 11.7. The van der Waals surface area contributed by atoms with Crippen molar-refractivity contribution in [3.63, 3.8) is 0 Å². The highest BCUT2D eigenvalue weighted by Crippen LogP contribution is 2.48. The van der Waals surface area contributed by atoms with E-state index in [0.717, 1.165) is 0 Å². The molecule has 4 N–H and O–H groups in total. The highest BCUT2D eigenvalue weighted by molar-refractivity contribution is 7.84. The molecule has 1 aliphatic heterocycles. The first kappa shape index (κ1) is 30.1. The van der Waals surface area contributed by atoms with Gasteiger partial charge in [-0.15, -0.1) is 0 Å². The van der Waals surface area contributed by atoms with Crippen LogP contribution in [0.5, 0.6) is 0 Å². The summed E-state index contributed by atoms with van der Waals surface area (Å²) in [5.41, 5.74) is 5.76. The van der Waals surface area contributed by atoms with E-state index in [2.05, 4.69) is 82.7 Å². The van der Waals surface area contributed by atoms with Gasteiger partial charge in [-0.1, -0.05) is 41.5 Å². The SMILES string of the molecule is CC(C)(C)[Si](C)(C)OC1[C@@H](COS(N)(=O)=O)OC[C@]1(O[Si](C)(C)C(C)(C)C)n1cnc2c(N)ncnc21. The molecule has 15 heteroatoms. The van der Waals surface area contributed by atoms with Crippen LogP contribution in [0.15, 0.2) is 12.7 Å². The summed E-state index contributed by atoms with van der Waals surface area (Å²) in [4.78, 5) is 13.0. The minimum atomic E-state index is -4.21. The number of hydrogen-bond acceptors (Lipinski definition) is 10. The van der Waals surface area contributed by atoms with E-state index in [1.807, 2.05) is 0 Å². The maximum atomic E-state index is 11.7. The van der Waals surface area contributed by atoms with E-state index in [1.54, 1.807) is 10.9 Å². The quantitative estimate of drug-likeness (QED) is 0.447. The number of ether oxygens (including phenoxy) is 1. The molecule has 3 rings (SSSR count). The normalized spacial score (nSPS) is 24.2. The molecule has 0 aromatic carbocycles. The van der Waals surface area contributed by atoms with Gasteiger partial charge in [-0.3, -0.25) is 8.75 Å². The lowest BCUT2D eigenvalue weighted by Gasteiger charge is -2.49. The first-order chi connectivity index (χ1) is 16.6. The summed E-state index contributed by atoms with van der Waals surface area (Å²) in [5.74, 6) is 0.237. The second-order valence-electron chi connectivity index (χ2n) is 12.7. The fraction of sp³-hybridized carbons (Fsp3) is 0.773. The second-order valence-corrected chi connectivity index (χ2v) is 23.4. The lowest BCUT2D eigenvalue weighted by Crippen LogP contribution is -2.61. The molecule has 3 heterocycles. The van der Waals surface area contributed by atoms with E-state index in [0.29, 0.717) is 11.2 Å². The van der Waals surface area contributed by atoms with Crippen molar-refractivity contribution in [2.75, 3.05) is 18.9 Å². The molecule has 1 aliphatic rings. The van der Waals surface area contributed by atoms with Crippen molar-refractivity contribution >= 4 is 43.9 Å². The average Bonchev–Trinajstić information content (AvgIpc) is 3.27. The van der Waals surface area contributed by atoms with Crippen molar-refractivity contribution in [2.45, 2.75) is 95.7 Å². The number of nitrogens with zero attached hydrogens (tertiary/aromatic N) is 4. The van der Waals surface area contributed by atoms with Gasteiger partial charge in [0.1, 0.15) is 24.1 Å². The predicted molar refractivity (Wildman–Crippen MR) is 147 cm³/mol. The molecule has 37 heavy (non-hydrogen) atoms. The Morgan fingerprint density at radius 3 is 2.22 bits per heavy atom. The van der Waals surface area contributed by atoms with Crippen molar-refractivity contribution < 1.29 is 26.2 Å². The van der Waals surface area contributed by atoms with Crippen LogP contribution in [0.2, 0.25) is 36.3 Å². The van der Waals surface area contributed by atoms with Crippen LogP contribution >= 0.6 is 0 Å². The number of nitrogens with two attached hydrogens (primary N) is 2. The van der Waals surface area contributed by atoms with E-state index < -0.39 is 44.9 Å². The summed E-state index contributed by atoms with van der Waals surface area (Å²) in [6.45, 7) is 21.0. The Kier molecular flexibility index (Phi) is 7.82. The summed E-state index contributed by atoms with van der Waals surface area (Å²) in [6, 6.07) is 0. The van der Waals surface area contributed by atoms with Crippen LogP contribution in [0.4, 0.5) is 5.82 Å². The van der Waals surface area contributed by atoms with E-state index >= 15 is 0 Å². The van der Waals surface area contributed by atoms with Crippen LogP contribution in [0.3, 0.4) is 0 Å². The van der Waals surface area contributed by atoms with Crippen molar-refractivity contribution in [1.82, 2.24) is 19.5 Å². The maximum Gasteiger partial charge on any atom is 0.333 e. The molecule has 210 valence electrons. The fourth-order valence-electron chi connectivity index (χ4n) is 3.71. The lowest BCUT2D eigenvalue weighted by molar-refractivity contribution is -0.0911. The topological polar surface area (TPSA) is 167 Å². The number of rotatable bonds is 8. The van der Waals surface area contributed by atoms with E-state index in [-0.39, 0.29) is 29.1 Å². The standard InChI is InChI=1S/C22H42N6O6SSi2/c1-20(2,3)36(7,8)33-17-15(11-32-35(24,29)30)31-12-22(17,34-37(9,10)21(4,5)6)28-14-27-16-18(23)25-13-26-19(16)28/h13-15,17H,11-12H2,1-10H3,(H2,23,25,26)(H2,24,29,30)/t15-,17?,22-/m1/s1. The third-order valence-corrected chi connectivity index (χ3v) is 17.3. The molecule has 2 aromatic heterocycles. The Bertz CT molecular complexity index is 1240. The molecular formula is C22H42N6O6SSi2. The first-order valence-corrected chi connectivity index (χ1v) is 19.5. The van der Waals surface area contributed by atoms with Gasteiger partial charge in [-0.2, -0.15) is 8.42 Å². The van der Waals surface area contributed by atoms with Crippen molar-refractivity contribution in [3.05, 3.63) is 12.7 Å².